The molecule has 1 aliphatic carbocycles. The number of hydrogen-bond acceptors (Lipinski definition) is 6. The third-order valence-corrected chi connectivity index (χ3v) is 6.29. The van der Waals surface area contributed by atoms with Gasteiger partial charge >= 0.3 is 12.1 Å². The Bertz CT molecular complexity index is 883. The van der Waals surface area contributed by atoms with Crippen molar-refractivity contribution in [1.29, 1.82) is 0 Å². The summed E-state index contributed by atoms with van der Waals surface area (Å²) < 4.78 is 44.9. The predicted molar refractivity (Wildman–Crippen MR) is 125 cm³/mol. The number of amides is 1. The monoisotopic (exact) mass is 498 g/mol. The van der Waals surface area contributed by atoms with Crippen molar-refractivity contribution in [2.45, 2.75) is 89.0 Å². The van der Waals surface area contributed by atoms with Crippen LogP contribution in [0.25, 0.3) is 0 Å². The summed E-state index contributed by atoms with van der Waals surface area (Å²) in [7, 11) is 0. The Morgan fingerprint density at radius 3 is 2.51 bits per heavy atom. The molecule has 8 nitrogen and oxygen atoms in total. The number of hydrogen-bond donors (Lipinski definition) is 3. The zero-order chi connectivity index (χ0) is 25.6. The Hall–Kier alpha value is -2.46. The van der Waals surface area contributed by atoms with Crippen LogP contribution in [0.3, 0.4) is 0 Å². The van der Waals surface area contributed by atoms with Gasteiger partial charge in [-0.15, -0.1) is 0 Å². The lowest BCUT2D eigenvalue weighted by Crippen LogP contribution is -2.56. The van der Waals surface area contributed by atoms with Crippen molar-refractivity contribution in [2.75, 3.05) is 19.8 Å². The van der Waals surface area contributed by atoms with Crippen molar-refractivity contribution < 1.29 is 37.7 Å². The Morgan fingerprint density at radius 1 is 1.14 bits per heavy atom. The molecule has 1 aromatic rings. The summed E-state index contributed by atoms with van der Waals surface area (Å²) in [6, 6.07) is 1.79. The summed E-state index contributed by atoms with van der Waals surface area (Å²) in [5.74, 6) is -3.19. The van der Waals surface area contributed by atoms with Crippen molar-refractivity contribution in [3.05, 3.63) is 29.3 Å². The van der Waals surface area contributed by atoms with E-state index in [1.165, 1.54) is 6.07 Å². The molecule has 196 valence electrons. The van der Waals surface area contributed by atoms with E-state index in [2.05, 4.69) is 10.6 Å². The van der Waals surface area contributed by atoms with Crippen LogP contribution in [0.4, 0.5) is 13.6 Å². The second-order valence-electron chi connectivity index (χ2n) is 10.3. The van der Waals surface area contributed by atoms with Crippen LogP contribution in [0, 0.1) is 11.6 Å². The van der Waals surface area contributed by atoms with E-state index >= 15 is 0 Å². The number of carbonyl (C=O) groups excluding carboxylic acids is 1. The zero-order valence-electron chi connectivity index (χ0n) is 20.6. The predicted octanol–water partition coefficient (Wildman–Crippen LogP) is 4.12. The van der Waals surface area contributed by atoms with Crippen LogP contribution in [0.2, 0.25) is 0 Å². The highest BCUT2D eigenvalue weighted by Gasteiger charge is 2.31. The Morgan fingerprint density at radius 2 is 1.86 bits per heavy atom. The van der Waals surface area contributed by atoms with Gasteiger partial charge in [-0.1, -0.05) is 0 Å². The van der Waals surface area contributed by atoms with Crippen LogP contribution in [-0.2, 0) is 14.3 Å². The molecule has 3 N–H and O–H groups in total. The van der Waals surface area contributed by atoms with Gasteiger partial charge < -0.3 is 30.0 Å². The van der Waals surface area contributed by atoms with E-state index in [1.807, 2.05) is 20.8 Å². The number of rotatable bonds is 8. The van der Waals surface area contributed by atoms with Crippen molar-refractivity contribution in [1.82, 2.24) is 10.6 Å². The summed E-state index contributed by atoms with van der Waals surface area (Å²) in [5, 5.41) is 15.2. The molecule has 0 radical (unpaired) electrons. The number of benzene rings is 1. The number of aliphatic carboxylic acids is 1. The number of nitrogens with one attached hydrogen (secondary N) is 2. The third kappa shape index (κ3) is 8.31. The number of halogens is 2. The van der Waals surface area contributed by atoms with Crippen molar-refractivity contribution in [2.24, 2.45) is 0 Å². The first kappa shape index (κ1) is 27.1. The minimum atomic E-state index is -1.23. The van der Waals surface area contributed by atoms with Crippen LogP contribution in [0.5, 0.6) is 5.75 Å². The molecule has 1 aromatic carbocycles. The van der Waals surface area contributed by atoms with Gasteiger partial charge in [0, 0.05) is 17.7 Å². The maximum Gasteiger partial charge on any atom is 0.407 e. The van der Waals surface area contributed by atoms with E-state index in [0.717, 1.165) is 19.4 Å². The average Bonchev–Trinajstić information content (AvgIpc) is 2.76. The Balaban J connectivity index is 1.53. The number of ether oxygens (including phenoxy) is 3. The van der Waals surface area contributed by atoms with Crippen LogP contribution in [0.1, 0.15) is 70.8 Å². The molecule has 2 atom stereocenters. The van der Waals surface area contributed by atoms with Gasteiger partial charge in [0.25, 0.3) is 0 Å². The molecule has 0 spiro atoms. The van der Waals surface area contributed by atoms with E-state index in [4.69, 9.17) is 19.3 Å². The first-order chi connectivity index (χ1) is 16.5. The fourth-order valence-electron chi connectivity index (χ4n) is 4.71. The third-order valence-electron chi connectivity index (χ3n) is 6.29. The first-order valence-electron chi connectivity index (χ1n) is 12.2. The molecule has 1 saturated carbocycles. The largest absolute Gasteiger partial charge is 0.479 e. The van der Waals surface area contributed by atoms with Gasteiger partial charge in [0.2, 0.25) is 0 Å². The smallest absolute Gasteiger partial charge is 0.407 e. The van der Waals surface area contributed by atoms with Crippen molar-refractivity contribution in [3.63, 3.8) is 0 Å². The Labute approximate surface area is 204 Å². The number of piperidine rings is 1. The molecule has 1 amide bonds. The summed E-state index contributed by atoms with van der Waals surface area (Å²) in [6.07, 6.45) is 3.97. The lowest BCUT2D eigenvalue weighted by Gasteiger charge is -2.36. The van der Waals surface area contributed by atoms with Gasteiger partial charge in [0.05, 0.1) is 18.8 Å². The lowest BCUT2D eigenvalue weighted by atomic mass is 9.82. The van der Waals surface area contributed by atoms with E-state index in [9.17, 15) is 18.4 Å². The molecule has 1 heterocycles. The first-order valence-corrected chi connectivity index (χ1v) is 12.2. The second kappa shape index (κ2) is 12.0. The number of alkyl carbamates (subject to hydrolysis) is 1. The normalized spacial score (nSPS) is 25.1. The van der Waals surface area contributed by atoms with Gasteiger partial charge in [-0.05, 0) is 77.8 Å². The molecule has 3 rings (SSSR count). The van der Waals surface area contributed by atoms with E-state index in [0.29, 0.717) is 43.9 Å². The number of carbonyl (C=O) groups is 2. The standard InChI is InChI=1S/C25H36F2N2O6/c1-25(2,3)35-24(32)29-20-5-4-10-28-21(20)13-33-17-8-6-15(7-9-17)18-11-16(26)12-19(27)23(18)34-14-22(30)31/h11-12,15,17,20-21,28H,4-10,13-14H2,1-3H3,(H,29,32)(H,30,31)/t15?,17?,20-,21+/m0/s1. The zero-order valence-corrected chi connectivity index (χ0v) is 20.6. The second-order valence-corrected chi connectivity index (χ2v) is 10.3. The summed E-state index contributed by atoms with van der Waals surface area (Å²) in [6.45, 7) is 6.04. The molecule has 0 aromatic heterocycles. The van der Waals surface area contributed by atoms with Gasteiger partial charge in [0.1, 0.15) is 11.4 Å². The molecular formula is C25H36F2N2O6. The molecule has 2 fully saturated rings. The number of carboxylic acid groups (broad SMARTS) is 1. The van der Waals surface area contributed by atoms with Gasteiger partial charge in [0.15, 0.2) is 18.2 Å². The SMILES string of the molecule is CC(C)(C)OC(=O)N[C@H]1CCCN[C@@H]1COC1CCC(c2cc(F)cc(F)c2OCC(=O)O)CC1. The topological polar surface area (TPSA) is 106 Å². The lowest BCUT2D eigenvalue weighted by molar-refractivity contribution is -0.139. The van der Waals surface area contributed by atoms with Crippen LogP contribution < -0.4 is 15.4 Å². The van der Waals surface area contributed by atoms with E-state index in [1.54, 1.807) is 0 Å². The quantitative estimate of drug-likeness (QED) is 0.495. The molecule has 1 saturated heterocycles. The highest BCUT2D eigenvalue weighted by Crippen LogP contribution is 2.40. The maximum atomic E-state index is 14.3. The summed E-state index contributed by atoms with van der Waals surface area (Å²) in [4.78, 5) is 23.1. The molecule has 1 aliphatic heterocycles. The fraction of sp³-hybridized carbons (Fsp3) is 0.680. The van der Waals surface area contributed by atoms with Crippen molar-refractivity contribution in [3.8, 4) is 5.75 Å². The highest BCUT2D eigenvalue weighted by atomic mass is 19.1. The maximum absolute atomic E-state index is 14.3. The van der Waals surface area contributed by atoms with Crippen LogP contribution in [0.15, 0.2) is 12.1 Å². The van der Waals surface area contributed by atoms with Gasteiger partial charge in [-0.25, -0.2) is 18.4 Å². The summed E-state index contributed by atoms with van der Waals surface area (Å²) >= 11 is 0. The van der Waals surface area contributed by atoms with Gasteiger partial charge in [-0.2, -0.15) is 0 Å². The minimum absolute atomic E-state index is 0.0149. The van der Waals surface area contributed by atoms with Crippen molar-refractivity contribution >= 4 is 12.1 Å². The molecule has 0 unspecified atom stereocenters. The number of carboxylic acids is 1. The summed E-state index contributed by atoms with van der Waals surface area (Å²) in [5.41, 5.74) is -0.210. The van der Waals surface area contributed by atoms with E-state index in [-0.39, 0.29) is 29.9 Å². The molecule has 10 heteroatoms. The van der Waals surface area contributed by atoms with Crippen LogP contribution >= 0.6 is 0 Å². The molecule has 2 aliphatic rings. The fourth-order valence-corrected chi connectivity index (χ4v) is 4.71. The van der Waals surface area contributed by atoms with Crippen LogP contribution in [-0.4, -0.2) is 60.7 Å². The molecule has 0 bridgehead atoms. The highest BCUT2D eigenvalue weighted by molar-refractivity contribution is 5.68. The molecule has 35 heavy (non-hydrogen) atoms. The van der Waals surface area contributed by atoms with Gasteiger partial charge in [-0.3, -0.25) is 0 Å². The average molecular weight is 499 g/mol. The molecular weight excluding hydrogens is 462 g/mol. The minimum Gasteiger partial charge on any atom is -0.479 e. The van der Waals surface area contributed by atoms with E-state index < -0.39 is 35.9 Å². The Kier molecular flexibility index (Phi) is 9.29.